The number of anilines is 1. The lowest BCUT2D eigenvalue weighted by atomic mass is 10.0. The van der Waals surface area contributed by atoms with E-state index in [4.69, 9.17) is 0 Å². The Morgan fingerprint density at radius 2 is 1.94 bits per heavy atom. The maximum Gasteiger partial charge on any atom is 0.251 e. The van der Waals surface area contributed by atoms with E-state index in [2.05, 4.69) is 20.3 Å². The summed E-state index contributed by atoms with van der Waals surface area (Å²) in [7, 11) is 3.82. The number of carbonyl (C=O) groups excluding carboxylic acids is 1. The predicted molar refractivity (Wildman–Crippen MR) is 120 cm³/mol. The number of para-hydroxylation sites is 1. The minimum absolute atomic E-state index is 0.266. The summed E-state index contributed by atoms with van der Waals surface area (Å²) in [4.78, 5) is 27.2. The molecule has 0 radical (unpaired) electrons. The van der Waals surface area contributed by atoms with E-state index in [0.717, 1.165) is 22.3 Å². The number of hydrogen-bond donors (Lipinski definition) is 2. The van der Waals surface area contributed by atoms with Crippen molar-refractivity contribution < 1.29 is 9.18 Å². The number of aromatic amines is 1. The van der Waals surface area contributed by atoms with Crippen LogP contribution in [0.4, 0.5) is 10.2 Å². The summed E-state index contributed by atoms with van der Waals surface area (Å²) in [5.74, 6) is 0.567. The molecule has 1 atom stereocenters. The highest BCUT2D eigenvalue weighted by Gasteiger charge is 2.21. The molecule has 1 amide bonds. The van der Waals surface area contributed by atoms with Crippen LogP contribution in [-0.2, 0) is 6.42 Å². The van der Waals surface area contributed by atoms with Crippen LogP contribution in [0.1, 0.15) is 33.5 Å². The summed E-state index contributed by atoms with van der Waals surface area (Å²) >= 11 is 0. The summed E-state index contributed by atoms with van der Waals surface area (Å²) in [5, 5.41) is 4.13. The number of hydrogen-bond acceptors (Lipinski definition) is 4. The molecule has 0 bridgehead atoms. The van der Waals surface area contributed by atoms with Gasteiger partial charge < -0.3 is 15.2 Å². The Morgan fingerprint density at radius 1 is 1.13 bits per heavy atom. The fourth-order valence-corrected chi connectivity index (χ4v) is 3.60. The van der Waals surface area contributed by atoms with Gasteiger partial charge in [0.1, 0.15) is 17.5 Å². The van der Waals surface area contributed by atoms with Gasteiger partial charge in [-0.05, 0) is 36.8 Å². The Balaban J connectivity index is 1.72. The van der Waals surface area contributed by atoms with Gasteiger partial charge in [-0.3, -0.25) is 4.79 Å². The van der Waals surface area contributed by atoms with Crippen LogP contribution in [0.15, 0.2) is 60.8 Å². The van der Waals surface area contributed by atoms with Crippen molar-refractivity contribution in [3.05, 3.63) is 89.3 Å². The second kappa shape index (κ2) is 8.55. The van der Waals surface area contributed by atoms with Crippen LogP contribution in [-0.4, -0.2) is 35.0 Å². The number of carbonyl (C=O) groups is 1. The van der Waals surface area contributed by atoms with Crippen LogP contribution in [0.3, 0.4) is 0 Å². The van der Waals surface area contributed by atoms with Gasteiger partial charge in [-0.2, -0.15) is 0 Å². The van der Waals surface area contributed by atoms with Crippen molar-refractivity contribution in [3.8, 4) is 0 Å². The largest absolute Gasteiger partial charge is 0.363 e. The minimum atomic E-state index is -0.450. The third-order valence-electron chi connectivity index (χ3n) is 5.15. The first-order valence-electron chi connectivity index (χ1n) is 10.0. The van der Waals surface area contributed by atoms with E-state index < -0.39 is 11.9 Å². The zero-order valence-corrected chi connectivity index (χ0v) is 17.7. The SMILES string of the molecule is Cc1nc([C@@H](Cc2c[nH]c3ccccc23)NC(=O)c2cccc(F)c2)cc(N(C)C)n1. The second-order valence-electron chi connectivity index (χ2n) is 7.69. The van der Waals surface area contributed by atoms with Crippen LogP contribution in [0.5, 0.6) is 0 Å². The number of rotatable bonds is 6. The first kappa shape index (κ1) is 20.5. The number of benzene rings is 2. The Morgan fingerprint density at radius 3 is 2.71 bits per heavy atom. The number of halogens is 1. The van der Waals surface area contributed by atoms with Crippen LogP contribution < -0.4 is 10.2 Å². The third-order valence-corrected chi connectivity index (χ3v) is 5.15. The lowest BCUT2D eigenvalue weighted by Crippen LogP contribution is -2.31. The first-order valence-corrected chi connectivity index (χ1v) is 10.0. The number of nitrogens with one attached hydrogen (secondary N) is 2. The fraction of sp³-hybridized carbons (Fsp3) is 0.208. The van der Waals surface area contributed by atoms with Gasteiger partial charge in [-0.15, -0.1) is 0 Å². The van der Waals surface area contributed by atoms with Crippen LogP contribution in [0.25, 0.3) is 10.9 Å². The molecule has 0 fully saturated rings. The molecule has 0 saturated heterocycles. The number of aromatic nitrogens is 3. The highest BCUT2D eigenvalue weighted by molar-refractivity contribution is 5.94. The monoisotopic (exact) mass is 417 g/mol. The topological polar surface area (TPSA) is 73.9 Å². The van der Waals surface area contributed by atoms with Gasteiger partial charge >= 0.3 is 0 Å². The maximum atomic E-state index is 13.7. The van der Waals surface area contributed by atoms with Crippen molar-refractivity contribution in [2.24, 2.45) is 0 Å². The molecule has 7 heteroatoms. The van der Waals surface area contributed by atoms with Gasteiger partial charge in [0, 0.05) is 49.2 Å². The summed E-state index contributed by atoms with van der Waals surface area (Å²) in [6, 6.07) is 15.1. The first-order chi connectivity index (χ1) is 14.9. The Hall–Kier alpha value is -3.74. The number of fused-ring (bicyclic) bond motifs is 1. The minimum Gasteiger partial charge on any atom is -0.363 e. The molecule has 158 valence electrons. The Labute approximate surface area is 180 Å². The van der Waals surface area contributed by atoms with Crippen molar-refractivity contribution in [2.45, 2.75) is 19.4 Å². The summed E-state index contributed by atoms with van der Waals surface area (Å²) < 4.78 is 13.7. The van der Waals surface area contributed by atoms with Gasteiger partial charge in [0.25, 0.3) is 5.91 Å². The van der Waals surface area contributed by atoms with E-state index in [0.29, 0.717) is 17.9 Å². The van der Waals surface area contributed by atoms with Gasteiger partial charge in [-0.1, -0.05) is 24.3 Å². The van der Waals surface area contributed by atoms with Gasteiger partial charge in [0.05, 0.1) is 11.7 Å². The molecule has 2 aromatic heterocycles. The fourth-order valence-electron chi connectivity index (χ4n) is 3.60. The van der Waals surface area contributed by atoms with Crippen molar-refractivity contribution in [2.75, 3.05) is 19.0 Å². The van der Waals surface area contributed by atoms with E-state index >= 15 is 0 Å². The van der Waals surface area contributed by atoms with Crippen molar-refractivity contribution >= 4 is 22.6 Å². The van der Waals surface area contributed by atoms with E-state index in [-0.39, 0.29) is 11.5 Å². The second-order valence-corrected chi connectivity index (χ2v) is 7.69. The number of amides is 1. The molecule has 6 nitrogen and oxygen atoms in total. The van der Waals surface area contributed by atoms with Crippen LogP contribution >= 0.6 is 0 Å². The van der Waals surface area contributed by atoms with Crippen LogP contribution in [0.2, 0.25) is 0 Å². The zero-order valence-electron chi connectivity index (χ0n) is 17.7. The molecule has 4 aromatic rings. The summed E-state index contributed by atoms with van der Waals surface area (Å²) in [6.45, 7) is 1.83. The number of aryl methyl sites for hydroxylation is 1. The number of H-pyrrole nitrogens is 1. The summed E-state index contributed by atoms with van der Waals surface area (Å²) in [6.07, 6.45) is 2.47. The molecule has 0 aliphatic heterocycles. The Kier molecular flexibility index (Phi) is 5.66. The van der Waals surface area contributed by atoms with E-state index in [1.165, 1.54) is 18.2 Å². The van der Waals surface area contributed by atoms with Crippen molar-refractivity contribution in [1.82, 2.24) is 20.3 Å². The normalized spacial score (nSPS) is 12.0. The van der Waals surface area contributed by atoms with E-state index in [1.807, 2.05) is 62.4 Å². The molecular weight excluding hydrogens is 393 g/mol. The van der Waals surface area contributed by atoms with Crippen molar-refractivity contribution in [1.29, 1.82) is 0 Å². The molecule has 0 unspecified atom stereocenters. The highest BCUT2D eigenvalue weighted by Crippen LogP contribution is 2.25. The Bertz CT molecular complexity index is 1230. The molecule has 0 aliphatic carbocycles. The molecule has 0 spiro atoms. The maximum absolute atomic E-state index is 13.7. The standard InChI is InChI=1S/C24H24FN5O/c1-15-27-22(13-23(28-15)30(2)3)21(29-24(31)16-7-6-8-18(25)11-16)12-17-14-26-20-10-5-4-9-19(17)20/h4-11,13-14,21,26H,12H2,1-3H3,(H,29,31)/t21-/m1/s1. The van der Waals surface area contributed by atoms with Gasteiger partial charge in [0.2, 0.25) is 0 Å². The predicted octanol–water partition coefficient (Wildman–Crippen LogP) is 4.19. The van der Waals surface area contributed by atoms with E-state index in [9.17, 15) is 9.18 Å². The van der Waals surface area contributed by atoms with Crippen molar-refractivity contribution in [3.63, 3.8) is 0 Å². The average molecular weight is 417 g/mol. The molecule has 4 rings (SSSR count). The molecule has 0 saturated carbocycles. The van der Waals surface area contributed by atoms with Gasteiger partial charge in [-0.25, -0.2) is 14.4 Å². The average Bonchev–Trinajstić information content (AvgIpc) is 3.15. The smallest absolute Gasteiger partial charge is 0.251 e. The molecule has 2 heterocycles. The highest BCUT2D eigenvalue weighted by atomic mass is 19.1. The lowest BCUT2D eigenvalue weighted by molar-refractivity contribution is 0.0935. The van der Waals surface area contributed by atoms with Gasteiger partial charge in [0.15, 0.2) is 0 Å². The number of nitrogens with zero attached hydrogens (tertiary/aromatic N) is 3. The van der Waals surface area contributed by atoms with E-state index in [1.54, 1.807) is 6.07 Å². The molecular formula is C24H24FN5O. The molecule has 31 heavy (non-hydrogen) atoms. The molecule has 2 N–H and O–H groups in total. The van der Waals surface area contributed by atoms with Crippen LogP contribution in [0, 0.1) is 12.7 Å². The molecule has 2 aromatic carbocycles. The lowest BCUT2D eigenvalue weighted by Gasteiger charge is -2.21. The molecule has 0 aliphatic rings. The third kappa shape index (κ3) is 4.55. The quantitative estimate of drug-likeness (QED) is 0.494. The summed E-state index contributed by atoms with van der Waals surface area (Å²) in [5.41, 5.74) is 3.05. The zero-order chi connectivity index (χ0) is 22.0.